The molecule has 1 aromatic carbocycles. The molecule has 0 aromatic heterocycles. The lowest BCUT2D eigenvalue weighted by molar-refractivity contribution is -0.0130. The summed E-state index contributed by atoms with van der Waals surface area (Å²) in [6.07, 6.45) is 0.989. The predicted octanol–water partition coefficient (Wildman–Crippen LogP) is 4.78. The van der Waals surface area contributed by atoms with Crippen molar-refractivity contribution in [3.05, 3.63) is 28.2 Å². The fraction of sp³-hybridized carbons (Fsp3) is 0.500. The van der Waals surface area contributed by atoms with Crippen LogP contribution in [-0.4, -0.2) is 11.5 Å². The molecule has 0 N–H and O–H groups in total. The van der Waals surface area contributed by atoms with Crippen LogP contribution >= 0.6 is 34.8 Å². The lowest BCUT2D eigenvalue weighted by atomic mass is 9.68. The van der Waals surface area contributed by atoms with Gasteiger partial charge in [-0.1, -0.05) is 37.0 Å². The Morgan fingerprint density at radius 3 is 2.19 bits per heavy atom. The SMILES string of the molecule is CC1(C)C(Cl)CC1Oc1cc(Cl)cc(Cl)c1. The molecule has 1 fully saturated rings. The van der Waals surface area contributed by atoms with E-state index in [1.165, 1.54) is 0 Å². The van der Waals surface area contributed by atoms with Crippen LogP contribution in [0.15, 0.2) is 18.2 Å². The number of hydrogen-bond acceptors (Lipinski definition) is 1. The van der Waals surface area contributed by atoms with E-state index in [0.717, 1.165) is 6.42 Å². The number of hydrogen-bond donors (Lipinski definition) is 0. The first kappa shape index (κ1) is 12.3. The van der Waals surface area contributed by atoms with Crippen LogP contribution in [0.5, 0.6) is 5.75 Å². The molecule has 1 aliphatic carbocycles. The lowest BCUT2D eigenvalue weighted by Crippen LogP contribution is -2.53. The Morgan fingerprint density at radius 2 is 1.75 bits per heavy atom. The highest BCUT2D eigenvalue weighted by Gasteiger charge is 2.49. The van der Waals surface area contributed by atoms with Crippen molar-refractivity contribution in [2.24, 2.45) is 5.41 Å². The molecule has 0 heterocycles. The number of benzene rings is 1. The minimum absolute atomic E-state index is 0.00362. The first-order valence-electron chi connectivity index (χ1n) is 5.16. The average molecular weight is 280 g/mol. The molecular formula is C12H13Cl3O. The molecule has 0 aliphatic heterocycles. The second-order valence-electron chi connectivity index (χ2n) is 4.74. The fourth-order valence-electron chi connectivity index (χ4n) is 1.80. The quantitative estimate of drug-likeness (QED) is 0.708. The maximum atomic E-state index is 6.13. The maximum absolute atomic E-state index is 6.13. The number of rotatable bonds is 2. The second-order valence-corrected chi connectivity index (χ2v) is 6.14. The average Bonchev–Trinajstić information content (AvgIpc) is 2.15. The van der Waals surface area contributed by atoms with Gasteiger partial charge in [-0.2, -0.15) is 0 Å². The van der Waals surface area contributed by atoms with Crippen LogP contribution in [0.2, 0.25) is 10.0 Å². The third kappa shape index (κ3) is 2.27. The molecule has 88 valence electrons. The van der Waals surface area contributed by atoms with Gasteiger partial charge in [0.2, 0.25) is 0 Å². The van der Waals surface area contributed by atoms with Gasteiger partial charge in [0.15, 0.2) is 0 Å². The molecule has 1 saturated carbocycles. The molecular weight excluding hydrogens is 266 g/mol. The zero-order valence-corrected chi connectivity index (χ0v) is 11.4. The van der Waals surface area contributed by atoms with Crippen molar-refractivity contribution in [1.82, 2.24) is 0 Å². The van der Waals surface area contributed by atoms with Crippen LogP contribution < -0.4 is 4.74 Å². The van der Waals surface area contributed by atoms with Gasteiger partial charge in [0.05, 0.1) is 0 Å². The molecule has 4 heteroatoms. The van der Waals surface area contributed by atoms with Crippen LogP contribution in [-0.2, 0) is 0 Å². The maximum Gasteiger partial charge on any atom is 0.122 e. The molecule has 0 bridgehead atoms. The van der Waals surface area contributed by atoms with Crippen molar-refractivity contribution < 1.29 is 4.74 Å². The Bertz CT molecular complexity index is 383. The molecule has 0 amide bonds. The van der Waals surface area contributed by atoms with Crippen molar-refractivity contribution in [3.8, 4) is 5.75 Å². The third-order valence-corrected chi connectivity index (χ3v) is 4.35. The summed E-state index contributed by atoms with van der Waals surface area (Å²) in [5.41, 5.74) is -0.00362. The third-order valence-electron chi connectivity index (χ3n) is 3.17. The molecule has 1 aliphatic rings. The number of alkyl halides is 1. The van der Waals surface area contributed by atoms with E-state index >= 15 is 0 Å². The van der Waals surface area contributed by atoms with E-state index in [1.54, 1.807) is 18.2 Å². The Kier molecular flexibility index (Phi) is 3.31. The van der Waals surface area contributed by atoms with Crippen LogP contribution in [0.1, 0.15) is 20.3 Å². The molecule has 1 aromatic rings. The summed E-state index contributed by atoms with van der Waals surface area (Å²) in [6, 6.07) is 5.22. The zero-order valence-electron chi connectivity index (χ0n) is 9.14. The van der Waals surface area contributed by atoms with Gasteiger partial charge in [0, 0.05) is 27.3 Å². The summed E-state index contributed by atoms with van der Waals surface area (Å²) in [5.74, 6) is 0.708. The van der Waals surface area contributed by atoms with Gasteiger partial charge in [-0.15, -0.1) is 11.6 Å². The molecule has 0 saturated heterocycles. The van der Waals surface area contributed by atoms with Crippen molar-refractivity contribution in [2.75, 3.05) is 0 Å². The van der Waals surface area contributed by atoms with E-state index in [2.05, 4.69) is 13.8 Å². The molecule has 16 heavy (non-hydrogen) atoms. The molecule has 2 unspecified atom stereocenters. The Morgan fingerprint density at radius 1 is 1.19 bits per heavy atom. The zero-order chi connectivity index (χ0) is 11.9. The standard InChI is InChI=1S/C12H13Cl3O/c1-12(2)10(15)6-11(12)16-9-4-7(13)3-8(14)5-9/h3-5,10-11H,6H2,1-2H3. The van der Waals surface area contributed by atoms with Crippen LogP contribution in [0.4, 0.5) is 0 Å². The van der Waals surface area contributed by atoms with E-state index in [0.29, 0.717) is 15.8 Å². The highest BCUT2D eigenvalue weighted by atomic mass is 35.5. The highest BCUT2D eigenvalue weighted by molar-refractivity contribution is 6.34. The molecule has 2 atom stereocenters. The minimum atomic E-state index is -0.00362. The Hall–Kier alpha value is -0.110. The summed E-state index contributed by atoms with van der Waals surface area (Å²) < 4.78 is 5.84. The van der Waals surface area contributed by atoms with E-state index in [1.807, 2.05) is 0 Å². The van der Waals surface area contributed by atoms with Crippen molar-refractivity contribution in [3.63, 3.8) is 0 Å². The highest BCUT2D eigenvalue weighted by Crippen LogP contribution is 2.46. The normalized spacial score (nSPS) is 27.3. The number of halogens is 3. The van der Waals surface area contributed by atoms with E-state index in [-0.39, 0.29) is 16.9 Å². The van der Waals surface area contributed by atoms with Crippen molar-refractivity contribution >= 4 is 34.8 Å². The minimum Gasteiger partial charge on any atom is -0.490 e. The predicted molar refractivity (Wildman–Crippen MR) is 68.9 cm³/mol. The summed E-state index contributed by atoms with van der Waals surface area (Å²) in [7, 11) is 0. The smallest absolute Gasteiger partial charge is 0.122 e. The summed E-state index contributed by atoms with van der Waals surface area (Å²) >= 11 is 17.9. The van der Waals surface area contributed by atoms with Crippen molar-refractivity contribution in [1.29, 1.82) is 0 Å². The molecule has 1 nitrogen and oxygen atoms in total. The van der Waals surface area contributed by atoms with E-state index < -0.39 is 0 Å². The van der Waals surface area contributed by atoms with Gasteiger partial charge >= 0.3 is 0 Å². The van der Waals surface area contributed by atoms with Gasteiger partial charge in [-0.25, -0.2) is 0 Å². The lowest BCUT2D eigenvalue weighted by Gasteiger charge is -2.48. The summed E-state index contributed by atoms with van der Waals surface area (Å²) in [4.78, 5) is 0. The molecule has 2 rings (SSSR count). The van der Waals surface area contributed by atoms with Gasteiger partial charge < -0.3 is 4.74 Å². The van der Waals surface area contributed by atoms with Crippen LogP contribution in [0.25, 0.3) is 0 Å². The van der Waals surface area contributed by atoms with Gasteiger partial charge in [0.1, 0.15) is 11.9 Å². The molecule has 0 spiro atoms. The van der Waals surface area contributed by atoms with Crippen molar-refractivity contribution in [2.45, 2.75) is 31.7 Å². The monoisotopic (exact) mass is 278 g/mol. The Balaban J connectivity index is 2.11. The first-order chi connectivity index (χ1) is 7.39. The van der Waals surface area contributed by atoms with Crippen LogP contribution in [0.3, 0.4) is 0 Å². The first-order valence-corrected chi connectivity index (χ1v) is 6.35. The Labute approximate surface area is 111 Å². The summed E-state index contributed by atoms with van der Waals surface area (Å²) in [6.45, 7) is 4.20. The van der Waals surface area contributed by atoms with Crippen LogP contribution in [0, 0.1) is 5.41 Å². The largest absolute Gasteiger partial charge is 0.490 e. The molecule has 0 radical (unpaired) electrons. The van der Waals surface area contributed by atoms with Gasteiger partial charge in [-0.3, -0.25) is 0 Å². The summed E-state index contributed by atoms with van der Waals surface area (Å²) in [5, 5.41) is 1.34. The van der Waals surface area contributed by atoms with E-state index in [4.69, 9.17) is 39.5 Å². The second kappa shape index (κ2) is 4.29. The van der Waals surface area contributed by atoms with E-state index in [9.17, 15) is 0 Å². The van der Waals surface area contributed by atoms with Gasteiger partial charge in [0.25, 0.3) is 0 Å². The number of ether oxygens (including phenoxy) is 1. The topological polar surface area (TPSA) is 9.23 Å². The fourth-order valence-corrected chi connectivity index (χ4v) is 2.61. The van der Waals surface area contributed by atoms with Gasteiger partial charge in [-0.05, 0) is 18.2 Å².